The van der Waals surface area contributed by atoms with E-state index < -0.39 is 10.0 Å². The van der Waals surface area contributed by atoms with Crippen LogP contribution in [-0.4, -0.2) is 75.0 Å². The molecule has 37 heavy (non-hydrogen) atoms. The van der Waals surface area contributed by atoms with Gasteiger partial charge in [0.25, 0.3) is 5.91 Å². The van der Waals surface area contributed by atoms with Crippen LogP contribution in [0.5, 0.6) is 0 Å². The van der Waals surface area contributed by atoms with Crippen molar-refractivity contribution < 1.29 is 13.2 Å². The Morgan fingerprint density at radius 1 is 1.08 bits per heavy atom. The highest BCUT2D eigenvalue weighted by molar-refractivity contribution is 7.98. The summed E-state index contributed by atoms with van der Waals surface area (Å²) in [7, 11) is 0.333. The summed E-state index contributed by atoms with van der Waals surface area (Å²) < 4.78 is 29.1. The summed E-state index contributed by atoms with van der Waals surface area (Å²) in [5.74, 6) is 0.469. The molecule has 1 amide bonds. The van der Waals surface area contributed by atoms with E-state index in [0.29, 0.717) is 48.7 Å². The summed E-state index contributed by atoms with van der Waals surface area (Å²) in [6, 6.07) is 12.5. The summed E-state index contributed by atoms with van der Waals surface area (Å²) in [6.45, 7) is 6.39. The third-order valence-electron chi connectivity index (χ3n) is 6.41. The molecule has 0 saturated carbocycles. The van der Waals surface area contributed by atoms with Crippen LogP contribution in [0.2, 0.25) is 0 Å². The Hall–Kier alpha value is -1.69. The van der Waals surface area contributed by atoms with E-state index in [0.717, 1.165) is 21.5 Å². The standard InChI is InChI=1S/C26H34N4O3S3.ClH/c1-18-14-19(2)17-29(16-18)36(32,33)22-9-6-20(7-10-22)25(31)30(13-12-28(3)4)26-27-23-11-8-21(34-5)15-24(23)35-26;/h6-11,15,18-19H,12-14,16-17H2,1-5H3;1H. The Labute approximate surface area is 234 Å². The lowest BCUT2D eigenvalue weighted by atomic mass is 9.94. The molecule has 2 heterocycles. The van der Waals surface area contributed by atoms with Crippen molar-refractivity contribution in [2.24, 2.45) is 11.8 Å². The van der Waals surface area contributed by atoms with Gasteiger partial charge in [-0.25, -0.2) is 13.4 Å². The van der Waals surface area contributed by atoms with Crippen LogP contribution >= 0.6 is 35.5 Å². The summed E-state index contributed by atoms with van der Waals surface area (Å²) >= 11 is 3.17. The first kappa shape index (κ1) is 29.9. The molecule has 202 valence electrons. The maximum atomic E-state index is 13.6. The fraction of sp³-hybridized carbons (Fsp3) is 0.462. The molecule has 1 fully saturated rings. The van der Waals surface area contributed by atoms with E-state index in [-0.39, 0.29) is 23.2 Å². The smallest absolute Gasteiger partial charge is 0.260 e. The third-order valence-corrected chi connectivity index (χ3v) is 10.0. The topological polar surface area (TPSA) is 73.8 Å². The number of sulfonamides is 1. The van der Waals surface area contributed by atoms with E-state index >= 15 is 0 Å². The molecule has 0 bridgehead atoms. The Bertz CT molecular complexity index is 1320. The zero-order valence-electron chi connectivity index (χ0n) is 21.9. The number of hydrogen-bond acceptors (Lipinski definition) is 7. The first-order chi connectivity index (χ1) is 17.1. The number of halogens is 1. The number of likely N-dealkylation sites (N-methyl/N-ethyl adjacent to an activating group) is 1. The molecule has 1 aliphatic heterocycles. The first-order valence-electron chi connectivity index (χ1n) is 12.1. The second-order valence-corrected chi connectivity index (χ2v) is 13.7. The van der Waals surface area contributed by atoms with Crippen LogP contribution in [0.25, 0.3) is 10.2 Å². The van der Waals surface area contributed by atoms with Crippen molar-refractivity contribution in [1.82, 2.24) is 14.2 Å². The third kappa shape index (κ3) is 6.85. The van der Waals surface area contributed by atoms with Gasteiger partial charge in [-0.05, 0) is 81.1 Å². The van der Waals surface area contributed by atoms with Crippen molar-refractivity contribution >= 4 is 66.8 Å². The van der Waals surface area contributed by atoms with Crippen molar-refractivity contribution in [2.75, 3.05) is 51.4 Å². The predicted molar refractivity (Wildman–Crippen MR) is 157 cm³/mol. The van der Waals surface area contributed by atoms with E-state index in [2.05, 4.69) is 19.9 Å². The van der Waals surface area contributed by atoms with E-state index in [1.165, 1.54) is 11.3 Å². The SMILES string of the molecule is CSc1ccc2nc(N(CCN(C)C)C(=O)c3ccc(S(=O)(=O)N4CC(C)CC(C)C4)cc3)sc2c1.Cl. The van der Waals surface area contributed by atoms with E-state index in [9.17, 15) is 13.2 Å². The number of nitrogens with zero attached hydrogens (tertiary/aromatic N) is 4. The van der Waals surface area contributed by atoms with Crippen LogP contribution in [0.15, 0.2) is 52.3 Å². The number of carbonyl (C=O) groups is 1. The van der Waals surface area contributed by atoms with Crippen molar-refractivity contribution in [1.29, 1.82) is 0 Å². The van der Waals surface area contributed by atoms with Crippen LogP contribution in [0.1, 0.15) is 30.6 Å². The van der Waals surface area contributed by atoms with Gasteiger partial charge in [-0.15, -0.1) is 24.2 Å². The molecule has 2 atom stereocenters. The van der Waals surface area contributed by atoms with Gasteiger partial charge in [0, 0.05) is 36.6 Å². The maximum absolute atomic E-state index is 13.6. The summed E-state index contributed by atoms with van der Waals surface area (Å²) in [5, 5.41) is 0.642. The van der Waals surface area contributed by atoms with Crippen molar-refractivity contribution in [2.45, 2.75) is 30.1 Å². The highest BCUT2D eigenvalue weighted by Crippen LogP contribution is 2.33. The second kappa shape index (κ2) is 12.4. The van der Waals surface area contributed by atoms with Gasteiger partial charge in [0.15, 0.2) is 5.13 Å². The molecular formula is C26H35ClN4O3S3. The molecule has 7 nitrogen and oxygen atoms in total. The highest BCUT2D eigenvalue weighted by Gasteiger charge is 2.32. The van der Waals surface area contributed by atoms with Gasteiger partial charge in [0.05, 0.1) is 15.1 Å². The number of anilines is 1. The largest absolute Gasteiger partial charge is 0.308 e. The molecule has 2 unspecified atom stereocenters. The number of aromatic nitrogens is 1. The lowest BCUT2D eigenvalue weighted by Crippen LogP contribution is -2.42. The Morgan fingerprint density at radius 3 is 2.32 bits per heavy atom. The lowest BCUT2D eigenvalue weighted by Gasteiger charge is -2.34. The minimum atomic E-state index is -3.60. The van der Waals surface area contributed by atoms with Gasteiger partial charge in [-0.1, -0.05) is 25.2 Å². The number of rotatable bonds is 8. The van der Waals surface area contributed by atoms with Crippen molar-refractivity contribution in [3.05, 3.63) is 48.0 Å². The van der Waals surface area contributed by atoms with E-state index in [4.69, 9.17) is 4.98 Å². The minimum Gasteiger partial charge on any atom is -0.308 e. The molecule has 1 aliphatic rings. The van der Waals surface area contributed by atoms with Gasteiger partial charge < -0.3 is 4.90 Å². The predicted octanol–water partition coefficient (Wildman–Crippen LogP) is 5.32. The molecule has 0 aliphatic carbocycles. The molecule has 4 rings (SSSR count). The van der Waals surface area contributed by atoms with Gasteiger partial charge in [0.1, 0.15) is 0 Å². The Kier molecular flexibility index (Phi) is 10.0. The van der Waals surface area contributed by atoms with Crippen LogP contribution in [0.4, 0.5) is 5.13 Å². The fourth-order valence-electron chi connectivity index (χ4n) is 4.60. The zero-order chi connectivity index (χ0) is 26.0. The molecule has 0 radical (unpaired) electrons. The van der Waals surface area contributed by atoms with Crippen LogP contribution in [0.3, 0.4) is 0 Å². The van der Waals surface area contributed by atoms with E-state index in [1.807, 2.05) is 37.4 Å². The van der Waals surface area contributed by atoms with Crippen LogP contribution in [-0.2, 0) is 10.0 Å². The normalized spacial score (nSPS) is 18.6. The van der Waals surface area contributed by atoms with Crippen LogP contribution in [0, 0.1) is 11.8 Å². The number of carbonyl (C=O) groups excluding carboxylic acids is 1. The van der Waals surface area contributed by atoms with Gasteiger partial charge in [-0.3, -0.25) is 9.69 Å². The van der Waals surface area contributed by atoms with Crippen molar-refractivity contribution in [3.8, 4) is 0 Å². The number of amides is 1. The monoisotopic (exact) mass is 582 g/mol. The van der Waals surface area contributed by atoms with Gasteiger partial charge >= 0.3 is 0 Å². The molecular weight excluding hydrogens is 548 g/mol. The lowest BCUT2D eigenvalue weighted by molar-refractivity contribution is 0.0985. The Balaban J connectivity index is 0.00000380. The molecule has 0 N–H and O–H groups in total. The first-order valence-corrected chi connectivity index (χ1v) is 15.6. The van der Waals surface area contributed by atoms with E-state index in [1.54, 1.807) is 45.2 Å². The van der Waals surface area contributed by atoms with Gasteiger partial charge in [0.2, 0.25) is 10.0 Å². The Morgan fingerprint density at radius 2 is 1.73 bits per heavy atom. The molecule has 1 aromatic heterocycles. The number of thioether (sulfide) groups is 1. The quantitative estimate of drug-likeness (QED) is 0.335. The number of piperidine rings is 1. The molecule has 11 heteroatoms. The van der Waals surface area contributed by atoms with Crippen molar-refractivity contribution in [3.63, 3.8) is 0 Å². The zero-order valence-corrected chi connectivity index (χ0v) is 25.1. The highest BCUT2D eigenvalue weighted by atomic mass is 35.5. The molecule has 0 spiro atoms. The number of hydrogen-bond donors (Lipinski definition) is 0. The average molecular weight is 583 g/mol. The number of thiazole rings is 1. The van der Waals surface area contributed by atoms with Crippen LogP contribution < -0.4 is 4.90 Å². The summed E-state index contributed by atoms with van der Waals surface area (Å²) in [6.07, 6.45) is 3.07. The minimum absolute atomic E-state index is 0. The maximum Gasteiger partial charge on any atom is 0.260 e. The van der Waals surface area contributed by atoms with Gasteiger partial charge in [-0.2, -0.15) is 4.31 Å². The number of benzene rings is 2. The average Bonchev–Trinajstić information content (AvgIpc) is 3.26. The molecule has 2 aromatic carbocycles. The number of fused-ring (bicyclic) bond motifs is 1. The second-order valence-electron chi connectivity index (χ2n) is 9.88. The summed E-state index contributed by atoms with van der Waals surface area (Å²) in [5.41, 5.74) is 1.30. The molecule has 3 aromatic rings. The fourth-order valence-corrected chi connectivity index (χ4v) is 7.82. The molecule has 1 saturated heterocycles. The summed E-state index contributed by atoms with van der Waals surface area (Å²) in [4.78, 5) is 23.5.